The van der Waals surface area contributed by atoms with E-state index in [4.69, 9.17) is 4.74 Å². The van der Waals surface area contributed by atoms with Gasteiger partial charge in [-0.25, -0.2) is 0 Å². The number of ether oxygens (including phenoxy) is 1. The summed E-state index contributed by atoms with van der Waals surface area (Å²) >= 11 is 0. The summed E-state index contributed by atoms with van der Waals surface area (Å²) in [7, 11) is 0. The average Bonchev–Trinajstić information content (AvgIpc) is 3.92. The summed E-state index contributed by atoms with van der Waals surface area (Å²) in [6, 6.07) is 92.8. The SMILES string of the molecule is CCC(C)c1ccc(COc2ccc(C3(c4ccc(C(C)(C)C)cc4)c4ccccc4-c4ccc(N(c5ccccc5)c5ccc6c(c5)C(c5ccccc5)(c5ccccc5)c5ccccc5-6)cc43)cc2)cc1. The molecule has 73 heavy (non-hydrogen) atoms. The Labute approximate surface area is 432 Å². The van der Waals surface area contributed by atoms with E-state index >= 15 is 0 Å². The molecule has 10 aromatic rings. The monoisotopic (exact) mass is 943 g/mol. The summed E-state index contributed by atoms with van der Waals surface area (Å²) in [6.07, 6.45) is 1.13. The lowest BCUT2D eigenvalue weighted by Gasteiger charge is -2.36. The van der Waals surface area contributed by atoms with E-state index in [0.29, 0.717) is 12.5 Å². The zero-order valence-electron chi connectivity index (χ0n) is 42.5. The molecule has 0 heterocycles. The Morgan fingerprint density at radius 2 is 0.836 bits per heavy atom. The highest BCUT2D eigenvalue weighted by atomic mass is 16.5. The summed E-state index contributed by atoms with van der Waals surface area (Å²) < 4.78 is 6.53. The molecule has 0 bridgehead atoms. The number of rotatable bonds is 12. The van der Waals surface area contributed by atoms with Crippen LogP contribution in [0, 0.1) is 0 Å². The molecule has 0 radical (unpaired) electrons. The third kappa shape index (κ3) is 7.62. The molecule has 0 fully saturated rings. The first-order chi connectivity index (χ1) is 35.7. The molecule has 2 atom stereocenters. The van der Waals surface area contributed by atoms with Gasteiger partial charge >= 0.3 is 0 Å². The van der Waals surface area contributed by atoms with Gasteiger partial charge in [0, 0.05) is 17.1 Å². The summed E-state index contributed by atoms with van der Waals surface area (Å²) in [5.74, 6) is 1.39. The third-order valence-electron chi connectivity index (χ3n) is 16.0. The lowest BCUT2D eigenvalue weighted by Crippen LogP contribution is -2.29. The number of anilines is 3. The van der Waals surface area contributed by atoms with Gasteiger partial charge in [-0.3, -0.25) is 0 Å². The Morgan fingerprint density at radius 1 is 0.411 bits per heavy atom. The van der Waals surface area contributed by atoms with Gasteiger partial charge in [0.05, 0.1) is 10.8 Å². The fourth-order valence-electron chi connectivity index (χ4n) is 12.2. The summed E-state index contributed by atoms with van der Waals surface area (Å²) in [4.78, 5) is 2.47. The Hall–Kier alpha value is -8.20. The van der Waals surface area contributed by atoms with E-state index in [2.05, 4.69) is 288 Å². The van der Waals surface area contributed by atoms with E-state index in [9.17, 15) is 0 Å². The molecule has 0 aliphatic heterocycles. The zero-order valence-corrected chi connectivity index (χ0v) is 42.5. The summed E-state index contributed by atoms with van der Waals surface area (Å²) in [6.45, 7) is 11.9. The predicted molar refractivity (Wildman–Crippen MR) is 304 cm³/mol. The van der Waals surface area contributed by atoms with E-state index in [1.165, 1.54) is 83.5 Å². The number of benzene rings is 10. The minimum Gasteiger partial charge on any atom is -0.489 e. The number of hydrogen-bond donors (Lipinski definition) is 0. The highest BCUT2D eigenvalue weighted by Crippen LogP contribution is 2.60. The first-order valence-electron chi connectivity index (χ1n) is 26.1. The molecule has 0 saturated heterocycles. The van der Waals surface area contributed by atoms with Gasteiger partial charge in [0.2, 0.25) is 0 Å². The summed E-state index contributed by atoms with van der Waals surface area (Å²) in [5, 5.41) is 0. The van der Waals surface area contributed by atoms with Gasteiger partial charge in [-0.1, -0.05) is 235 Å². The number of nitrogens with zero attached hydrogens (tertiary/aromatic N) is 1. The first kappa shape index (κ1) is 45.9. The van der Waals surface area contributed by atoms with E-state index in [1.54, 1.807) is 0 Å². The van der Waals surface area contributed by atoms with Gasteiger partial charge in [-0.15, -0.1) is 0 Å². The van der Waals surface area contributed by atoms with Crippen LogP contribution in [0.15, 0.2) is 249 Å². The van der Waals surface area contributed by atoms with Crippen LogP contribution < -0.4 is 9.64 Å². The lowest BCUT2D eigenvalue weighted by atomic mass is 9.67. The first-order valence-corrected chi connectivity index (χ1v) is 26.1. The molecule has 2 aliphatic carbocycles. The van der Waals surface area contributed by atoms with Crippen LogP contribution in [0.4, 0.5) is 17.1 Å². The molecule has 12 rings (SSSR count). The largest absolute Gasteiger partial charge is 0.489 e. The smallest absolute Gasteiger partial charge is 0.119 e. The minimum atomic E-state index is -0.638. The number of fused-ring (bicyclic) bond motifs is 6. The van der Waals surface area contributed by atoms with Crippen molar-refractivity contribution in [2.75, 3.05) is 4.90 Å². The minimum absolute atomic E-state index is 0.00390. The average molecular weight is 944 g/mol. The van der Waals surface area contributed by atoms with Crippen LogP contribution >= 0.6 is 0 Å². The maximum absolute atomic E-state index is 6.53. The highest BCUT2D eigenvalue weighted by molar-refractivity contribution is 5.92. The van der Waals surface area contributed by atoms with Gasteiger partial charge in [-0.2, -0.15) is 0 Å². The van der Waals surface area contributed by atoms with Crippen LogP contribution in [0.25, 0.3) is 22.3 Å². The fraction of sp³-hybridized carbons (Fsp3) is 0.155. The normalized spacial score (nSPS) is 15.4. The van der Waals surface area contributed by atoms with Crippen molar-refractivity contribution >= 4 is 17.1 Å². The van der Waals surface area contributed by atoms with Gasteiger partial charge in [0.15, 0.2) is 0 Å². The van der Waals surface area contributed by atoms with Crippen molar-refractivity contribution in [3.63, 3.8) is 0 Å². The maximum Gasteiger partial charge on any atom is 0.119 e. The van der Waals surface area contributed by atoms with E-state index in [1.807, 2.05) is 0 Å². The van der Waals surface area contributed by atoms with Crippen molar-refractivity contribution in [2.45, 2.75) is 69.8 Å². The van der Waals surface area contributed by atoms with Gasteiger partial charge < -0.3 is 9.64 Å². The Balaban J connectivity index is 1.04. The van der Waals surface area contributed by atoms with Crippen molar-refractivity contribution in [3.8, 4) is 28.0 Å². The quantitative estimate of drug-likeness (QED) is 0.121. The molecular weight excluding hydrogens is 883 g/mol. The van der Waals surface area contributed by atoms with Crippen molar-refractivity contribution in [1.82, 2.24) is 0 Å². The topological polar surface area (TPSA) is 12.5 Å². The molecule has 356 valence electrons. The zero-order chi connectivity index (χ0) is 49.7. The van der Waals surface area contributed by atoms with Crippen molar-refractivity contribution in [1.29, 1.82) is 0 Å². The fourth-order valence-corrected chi connectivity index (χ4v) is 12.2. The van der Waals surface area contributed by atoms with Crippen LogP contribution in [-0.2, 0) is 22.9 Å². The lowest BCUT2D eigenvalue weighted by molar-refractivity contribution is 0.306. The van der Waals surface area contributed by atoms with Crippen LogP contribution in [0.3, 0.4) is 0 Å². The second-order valence-electron chi connectivity index (χ2n) is 21.1. The van der Waals surface area contributed by atoms with Crippen LogP contribution in [0.2, 0.25) is 0 Å². The Morgan fingerprint density at radius 3 is 1.32 bits per heavy atom. The van der Waals surface area contributed by atoms with Crippen LogP contribution in [-0.4, -0.2) is 0 Å². The molecule has 0 saturated carbocycles. The number of para-hydroxylation sites is 1. The van der Waals surface area contributed by atoms with Crippen LogP contribution in [0.1, 0.15) is 108 Å². The molecule has 0 spiro atoms. The Kier molecular flexibility index (Phi) is 11.6. The molecule has 0 amide bonds. The van der Waals surface area contributed by atoms with Gasteiger partial charge in [-0.05, 0) is 150 Å². The molecular formula is C71H61NO. The molecule has 0 N–H and O–H groups in total. The molecule has 2 nitrogen and oxygen atoms in total. The van der Waals surface area contributed by atoms with Crippen molar-refractivity contribution in [3.05, 3.63) is 310 Å². The Bertz CT molecular complexity index is 3530. The molecule has 2 unspecified atom stereocenters. The maximum atomic E-state index is 6.53. The third-order valence-corrected chi connectivity index (χ3v) is 16.0. The molecule has 10 aromatic carbocycles. The van der Waals surface area contributed by atoms with Crippen LogP contribution in [0.5, 0.6) is 5.75 Å². The van der Waals surface area contributed by atoms with Crippen molar-refractivity contribution < 1.29 is 4.74 Å². The van der Waals surface area contributed by atoms with E-state index in [-0.39, 0.29) is 5.41 Å². The molecule has 2 aliphatic rings. The molecule has 0 aromatic heterocycles. The second-order valence-corrected chi connectivity index (χ2v) is 21.1. The van der Waals surface area contributed by atoms with Gasteiger partial charge in [0.1, 0.15) is 12.4 Å². The highest BCUT2D eigenvalue weighted by Gasteiger charge is 2.48. The van der Waals surface area contributed by atoms with Gasteiger partial charge in [0.25, 0.3) is 0 Å². The van der Waals surface area contributed by atoms with E-state index in [0.717, 1.165) is 29.2 Å². The summed E-state index contributed by atoms with van der Waals surface area (Å²) in [5.41, 5.74) is 21.0. The van der Waals surface area contributed by atoms with E-state index < -0.39 is 10.8 Å². The van der Waals surface area contributed by atoms with Crippen molar-refractivity contribution in [2.24, 2.45) is 0 Å². The predicted octanol–water partition coefficient (Wildman–Crippen LogP) is 18.3. The standard InChI is InChI=1S/C71H61NO/c1-6-49(2)51-32-30-50(31-33-51)48-73-60-42-38-56(39-43-60)71(55-36-34-52(35-37-55)69(3,4)5)66-29-19-17-27-62(66)64-45-41-59(47-68(64)71)72(57-24-14-9-15-25-57)58-40-44-63-61-26-16-18-28-65(61)70(67(63)46-58,53-20-10-7-11-21-53)54-22-12-8-13-23-54/h7-47,49H,6,48H2,1-5H3. The molecule has 2 heteroatoms. The number of hydrogen-bond acceptors (Lipinski definition) is 2. The second kappa shape index (κ2) is 18.4.